The Balaban J connectivity index is 1.58. The highest BCUT2D eigenvalue weighted by atomic mass is 16.5. The fraction of sp³-hybridized carbons (Fsp3) is 0.526. The fourth-order valence-corrected chi connectivity index (χ4v) is 3.28. The van der Waals surface area contributed by atoms with E-state index in [1.54, 1.807) is 19.5 Å². The van der Waals surface area contributed by atoms with Crippen LogP contribution < -0.4 is 5.32 Å². The Kier molecular flexibility index (Phi) is 6.49. The highest BCUT2D eigenvalue weighted by Gasteiger charge is 2.21. The maximum atomic E-state index is 9.87. The molecule has 7 heteroatoms. The highest BCUT2D eigenvalue weighted by Crippen LogP contribution is 2.20. The van der Waals surface area contributed by atoms with Gasteiger partial charge in [0, 0.05) is 62.5 Å². The Labute approximate surface area is 154 Å². The van der Waals surface area contributed by atoms with Gasteiger partial charge in [-0.25, -0.2) is 9.97 Å². The van der Waals surface area contributed by atoms with Crippen LogP contribution in [0.3, 0.4) is 0 Å². The Bertz CT molecular complexity index is 690. The lowest BCUT2D eigenvalue weighted by Gasteiger charge is -2.33. The zero-order valence-corrected chi connectivity index (χ0v) is 15.4. The van der Waals surface area contributed by atoms with Gasteiger partial charge >= 0.3 is 0 Å². The van der Waals surface area contributed by atoms with Gasteiger partial charge in [0.1, 0.15) is 5.82 Å². The lowest BCUT2D eigenvalue weighted by molar-refractivity contribution is 0.0327. The molecule has 1 atom stereocenters. The second kappa shape index (κ2) is 9.02. The zero-order valence-electron chi connectivity index (χ0n) is 15.4. The van der Waals surface area contributed by atoms with Crippen molar-refractivity contribution in [3.63, 3.8) is 0 Å². The smallest absolute Gasteiger partial charge is 0.163 e. The molecule has 3 heterocycles. The topological polar surface area (TPSA) is 83.4 Å². The Morgan fingerprint density at radius 2 is 2.15 bits per heavy atom. The van der Waals surface area contributed by atoms with Crippen molar-refractivity contribution in [1.29, 1.82) is 0 Å². The number of nitrogens with one attached hydrogen (secondary N) is 1. The molecule has 1 fully saturated rings. The van der Waals surface area contributed by atoms with Gasteiger partial charge in [-0.2, -0.15) is 0 Å². The molecule has 3 rings (SSSR count). The number of nitrogens with zero attached hydrogens (tertiary/aromatic N) is 4. The van der Waals surface area contributed by atoms with Gasteiger partial charge in [-0.1, -0.05) is 0 Å². The molecule has 2 N–H and O–H groups in total. The molecule has 7 nitrogen and oxygen atoms in total. The summed E-state index contributed by atoms with van der Waals surface area (Å²) in [5.74, 6) is 1.55. The van der Waals surface area contributed by atoms with Crippen molar-refractivity contribution in [2.45, 2.75) is 31.9 Å². The van der Waals surface area contributed by atoms with E-state index < -0.39 is 6.10 Å². The molecule has 2 aromatic heterocycles. The molecule has 0 aromatic carbocycles. The van der Waals surface area contributed by atoms with E-state index in [4.69, 9.17) is 4.74 Å². The summed E-state index contributed by atoms with van der Waals surface area (Å²) in [5.41, 5.74) is 1.85. The maximum Gasteiger partial charge on any atom is 0.163 e. The number of rotatable bonds is 7. The SMILES string of the molecule is COCC(O)CN1CCC(Nc2cc(C)nc(-c3cccnc3)n2)CC1. The number of pyridine rings is 1. The van der Waals surface area contributed by atoms with E-state index >= 15 is 0 Å². The third kappa shape index (κ3) is 5.20. The van der Waals surface area contributed by atoms with Gasteiger partial charge in [-0.15, -0.1) is 0 Å². The molecule has 26 heavy (non-hydrogen) atoms. The molecule has 1 aliphatic rings. The minimum atomic E-state index is -0.420. The van der Waals surface area contributed by atoms with Crippen molar-refractivity contribution in [2.24, 2.45) is 0 Å². The molecule has 0 spiro atoms. The molecule has 140 valence electrons. The third-order valence-electron chi connectivity index (χ3n) is 4.54. The molecule has 1 saturated heterocycles. The number of aryl methyl sites for hydroxylation is 1. The summed E-state index contributed by atoms with van der Waals surface area (Å²) < 4.78 is 5.00. The number of piperidine rings is 1. The van der Waals surface area contributed by atoms with Crippen molar-refractivity contribution in [2.75, 3.05) is 38.7 Å². The van der Waals surface area contributed by atoms with Crippen LogP contribution in [0.15, 0.2) is 30.6 Å². The number of methoxy groups -OCH3 is 1. The first kappa shape index (κ1) is 18.7. The van der Waals surface area contributed by atoms with Crippen LogP contribution in [-0.4, -0.2) is 70.5 Å². The number of likely N-dealkylation sites (tertiary alicyclic amines) is 1. The fourth-order valence-electron chi connectivity index (χ4n) is 3.28. The quantitative estimate of drug-likeness (QED) is 0.781. The van der Waals surface area contributed by atoms with Gasteiger partial charge in [-0.05, 0) is 31.9 Å². The van der Waals surface area contributed by atoms with E-state index in [1.807, 2.05) is 25.1 Å². The van der Waals surface area contributed by atoms with Crippen LogP contribution in [0.2, 0.25) is 0 Å². The molecular weight excluding hydrogens is 330 g/mol. The summed E-state index contributed by atoms with van der Waals surface area (Å²) in [6.07, 6.45) is 5.14. The van der Waals surface area contributed by atoms with Crippen molar-refractivity contribution >= 4 is 5.82 Å². The molecule has 2 aromatic rings. The summed E-state index contributed by atoms with van der Waals surface area (Å²) in [7, 11) is 1.61. The second-order valence-electron chi connectivity index (χ2n) is 6.79. The number of aromatic nitrogens is 3. The largest absolute Gasteiger partial charge is 0.389 e. The maximum absolute atomic E-state index is 9.87. The lowest BCUT2D eigenvalue weighted by atomic mass is 10.0. The van der Waals surface area contributed by atoms with E-state index in [-0.39, 0.29) is 0 Å². The van der Waals surface area contributed by atoms with Crippen molar-refractivity contribution in [3.05, 3.63) is 36.3 Å². The summed E-state index contributed by atoms with van der Waals surface area (Å²) in [6, 6.07) is 6.22. The molecule has 1 unspecified atom stereocenters. The van der Waals surface area contributed by atoms with E-state index in [2.05, 4.69) is 25.2 Å². The van der Waals surface area contributed by atoms with Gasteiger partial charge in [0.2, 0.25) is 0 Å². The second-order valence-corrected chi connectivity index (χ2v) is 6.79. The summed E-state index contributed by atoms with van der Waals surface area (Å²) in [6.45, 7) is 4.94. The molecule has 0 saturated carbocycles. The third-order valence-corrected chi connectivity index (χ3v) is 4.54. The number of β-amino-alcohol motifs (C(OH)–C–C–N with tert-alkyl or cyclic N) is 1. The average molecular weight is 357 g/mol. The first-order chi connectivity index (χ1) is 12.6. The first-order valence-electron chi connectivity index (χ1n) is 9.06. The summed E-state index contributed by atoms with van der Waals surface area (Å²) >= 11 is 0. The number of ether oxygens (including phenoxy) is 1. The zero-order chi connectivity index (χ0) is 18.4. The lowest BCUT2D eigenvalue weighted by Crippen LogP contribution is -2.43. The highest BCUT2D eigenvalue weighted by molar-refractivity contribution is 5.56. The van der Waals surface area contributed by atoms with E-state index in [0.717, 1.165) is 43.0 Å². The number of hydrogen-bond donors (Lipinski definition) is 2. The van der Waals surface area contributed by atoms with Gasteiger partial charge in [0.25, 0.3) is 0 Å². The molecule has 0 aliphatic carbocycles. The predicted molar refractivity (Wildman–Crippen MR) is 101 cm³/mol. The van der Waals surface area contributed by atoms with Crippen LogP contribution in [0.4, 0.5) is 5.82 Å². The van der Waals surface area contributed by atoms with Gasteiger partial charge < -0.3 is 20.1 Å². The van der Waals surface area contributed by atoms with E-state index in [1.165, 1.54) is 0 Å². The number of aliphatic hydroxyl groups excluding tert-OH is 1. The summed E-state index contributed by atoms with van der Waals surface area (Å²) in [5, 5.41) is 13.4. The molecule has 0 bridgehead atoms. The molecule has 0 amide bonds. The van der Waals surface area contributed by atoms with Crippen LogP contribution >= 0.6 is 0 Å². The van der Waals surface area contributed by atoms with Crippen LogP contribution in [0.25, 0.3) is 11.4 Å². The molecule has 0 radical (unpaired) electrons. The Morgan fingerprint density at radius 3 is 2.85 bits per heavy atom. The van der Waals surface area contributed by atoms with Crippen molar-refractivity contribution in [3.8, 4) is 11.4 Å². The Morgan fingerprint density at radius 1 is 1.35 bits per heavy atom. The first-order valence-corrected chi connectivity index (χ1v) is 9.06. The van der Waals surface area contributed by atoms with Gasteiger partial charge in [0.05, 0.1) is 12.7 Å². The molecular formula is C19H27N5O2. The number of anilines is 1. The monoisotopic (exact) mass is 357 g/mol. The van der Waals surface area contributed by atoms with Crippen LogP contribution in [0.1, 0.15) is 18.5 Å². The predicted octanol–water partition coefficient (Wildman–Crippen LogP) is 1.73. The average Bonchev–Trinajstić information content (AvgIpc) is 2.64. The van der Waals surface area contributed by atoms with Crippen molar-refractivity contribution in [1.82, 2.24) is 19.9 Å². The van der Waals surface area contributed by atoms with Crippen LogP contribution in [0, 0.1) is 6.92 Å². The van der Waals surface area contributed by atoms with Crippen LogP contribution in [-0.2, 0) is 4.74 Å². The van der Waals surface area contributed by atoms with Crippen LogP contribution in [0.5, 0.6) is 0 Å². The van der Waals surface area contributed by atoms with E-state index in [0.29, 0.717) is 25.0 Å². The standard InChI is InChI=1S/C19H27N5O2/c1-14-10-18(23-19(21-14)15-4-3-7-20-11-15)22-16-5-8-24(9-6-16)12-17(25)13-26-2/h3-4,7,10-11,16-17,25H,5-6,8-9,12-13H2,1-2H3,(H,21,22,23). The van der Waals surface area contributed by atoms with E-state index in [9.17, 15) is 5.11 Å². The Hall–Kier alpha value is -2.09. The minimum absolute atomic E-state index is 0.377. The molecule has 1 aliphatic heterocycles. The normalized spacial score (nSPS) is 17.2. The summed E-state index contributed by atoms with van der Waals surface area (Å²) in [4.78, 5) is 15.6. The van der Waals surface area contributed by atoms with Crippen molar-refractivity contribution < 1.29 is 9.84 Å². The number of hydrogen-bond acceptors (Lipinski definition) is 7. The van der Waals surface area contributed by atoms with Gasteiger partial charge in [-0.3, -0.25) is 4.98 Å². The number of aliphatic hydroxyl groups is 1. The van der Waals surface area contributed by atoms with Gasteiger partial charge in [0.15, 0.2) is 5.82 Å². The minimum Gasteiger partial charge on any atom is -0.389 e.